The van der Waals surface area contributed by atoms with Crippen LogP contribution in [0.25, 0.3) is 0 Å². The number of halogens is 1. The van der Waals surface area contributed by atoms with Gasteiger partial charge in [-0.15, -0.1) is 0 Å². The van der Waals surface area contributed by atoms with Crippen molar-refractivity contribution in [3.8, 4) is 0 Å². The summed E-state index contributed by atoms with van der Waals surface area (Å²) in [6.07, 6.45) is -0.0820. The van der Waals surface area contributed by atoms with Gasteiger partial charge < -0.3 is 15.5 Å². The second-order valence-corrected chi connectivity index (χ2v) is 3.84. The van der Waals surface area contributed by atoms with Gasteiger partial charge in [0.25, 0.3) is 5.91 Å². The van der Waals surface area contributed by atoms with Crippen LogP contribution in [0.2, 0.25) is 0 Å². The highest BCUT2D eigenvalue weighted by atomic mass is 19.1. The molecular weight excluding hydrogens is 241 g/mol. The minimum atomic E-state index is -1.22. The lowest BCUT2D eigenvalue weighted by Crippen LogP contribution is -2.41. The number of rotatable bonds is 5. The summed E-state index contributed by atoms with van der Waals surface area (Å²) in [4.78, 5) is 22.6. The second-order valence-electron chi connectivity index (χ2n) is 3.84. The summed E-state index contributed by atoms with van der Waals surface area (Å²) in [5, 5.41) is 19.8. The lowest BCUT2D eigenvalue weighted by atomic mass is 10.1. The highest BCUT2D eigenvalue weighted by Gasteiger charge is 2.20. The SMILES string of the molecule is Cc1cc(F)ccc1C(=O)N[C@@H](CCO)C(=O)O. The van der Waals surface area contributed by atoms with Gasteiger partial charge in [0, 0.05) is 18.6 Å². The number of benzene rings is 1. The monoisotopic (exact) mass is 255 g/mol. The van der Waals surface area contributed by atoms with Crippen LogP contribution in [0.3, 0.4) is 0 Å². The molecule has 0 aromatic heterocycles. The van der Waals surface area contributed by atoms with Crippen molar-refractivity contribution >= 4 is 11.9 Å². The maximum atomic E-state index is 12.9. The van der Waals surface area contributed by atoms with Crippen molar-refractivity contribution in [1.29, 1.82) is 0 Å². The van der Waals surface area contributed by atoms with Gasteiger partial charge >= 0.3 is 5.97 Å². The molecule has 1 aromatic carbocycles. The first-order chi connectivity index (χ1) is 8.45. The van der Waals surface area contributed by atoms with Gasteiger partial charge in [-0.1, -0.05) is 0 Å². The van der Waals surface area contributed by atoms with Crippen LogP contribution in [0.1, 0.15) is 22.3 Å². The van der Waals surface area contributed by atoms with Gasteiger partial charge in [-0.2, -0.15) is 0 Å². The van der Waals surface area contributed by atoms with Gasteiger partial charge in [0.05, 0.1) is 0 Å². The summed E-state index contributed by atoms with van der Waals surface area (Å²) in [6.45, 7) is 1.21. The molecule has 3 N–H and O–H groups in total. The van der Waals surface area contributed by atoms with E-state index in [1.54, 1.807) is 6.92 Å². The third kappa shape index (κ3) is 3.53. The number of carboxylic acid groups (broad SMARTS) is 1. The molecule has 0 aliphatic carbocycles. The summed E-state index contributed by atoms with van der Waals surface area (Å²) in [5.41, 5.74) is 0.626. The molecule has 0 unspecified atom stereocenters. The Morgan fingerprint density at radius 1 is 1.44 bits per heavy atom. The molecule has 0 fully saturated rings. The van der Waals surface area contributed by atoms with Crippen LogP contribution >= 0.6 is 0 Å². The molecule has 5 nitrogen and oxygen atoms in total. The average Bonchev–Trinajstić information content (AvgIpc) is 2.27. The van der Waals surface area contributed by atoms with E-state index in [-0.39, 0.29) is 18.6 Å². The van der Waals surface area contributed by atoms with Crippen molar-refractivity contribution in [2.24, 2.45) is 0 Å². The summed E-state index contributed by atoms with van der Waals surface area (Å²) in [6, 6.07) is 2.45. The number of hydrogen-bond acceptors (Lipinski definition) is 3. The molecule has 0 aliphatic heterocycles. The van der Waals surface area contributed by atoms with E-state index in [4.69, 9.17) is 10.2 Å². The largest absolute Gasteiger partial charge is 0.480 e. The quantitative estimate of drug-likeness (QED) is 0.722. The van der Waals surface area contributed by atoms with Crippen molar-refractivity contribution in [3.05, 3.63) is 35.1 Å². The van der Waals surface area contributed by atoms with Crippen molar-refractivity contribution in [1.82, 2.24) is 5.32 Å². The minimum Gasteiger partial charge on any atom is -0.480 e. The van der Waals surface area contributed by atoms with Gasteiger partial charge in [0.15, 0.2) is 0 Å². The van der Waals surface area contributed by atoms with Crippen LogP contribution in [0, 0.1) is 12.7 Å². The van der Waals surface area contributed by atoms with Crippen LogP contribution in [0.4, 0.5) is 4.39 Å². The molecule has 0 saturated carbocycles. The van der Waals surface area contributed by atoms with E-state index in [1.165, 1.54) is 12.1 Å². The Kier molecular flexibility index (Phi) is 4.79. The van der Waals surface area contributed by atoms with E-state index in [2.05, 4.69) is 5.32 Å². The molecule has 98 valence electrons. The zero-order chi connectivity index (χ0) is 13.7. The van der Waals surface area contributed by atoms with Crippen LogP contribution in [0.5, 0.6) is 0 Å². The molecule has 6 heteroatoms. The Hall–Kier alpha value is -1.95. The van der Waals surface area contributed by atoms with Gasteiger partial charge in [-0.25, -0.2) is 9.18 Å². The van der Waals surface area contributed by atoms with Crippen molar-refractivity contribution in [2.75, 3.05) is 6.61 Å². The Balaban J connectivity index is 2.83. The topological polar surface area (TPSA) is 86.6 Å². The zero-order valence-corrected chi connectivity index (χ0v) is 9.81. The molecular formula is C12H14FNO4. The number of aliphatic hydroxyl groups excluding tert-OH is 1. The molecule has 0 saturated heterocycles. The maximum Gasteiger partial charge on any atom is 0.326 e. The first kappa shape index (κ1) is 14.1. The predicted molar refractivity (Wildman–Crippen MR) is 61.7 cm³/mol. The van der Waals surface area contributed by atoms with Crippen LogP contribution in [-0.4, -0.2) is 34.7 Å². The van der Waals surface area contributed by atoms with Crippen molar-refractivity contribution in [3.63, 3.8) is 0 Å². The number of nitrogens with one attached hydrogen (secondary N) is 1. The van der Waals surface area contributed by atoms with Gasteiger partial charge in [0.1, 0.15) is 11.9 Å². The Morgan fingerprint density at radius 2 is 2.11 bits per heavy atom. The van der Waals surface area contributed by atoms with E-state index >= 15 is 0 Å². The third-order valence-electron chi connectivity index (χ3n) is 2.45. The fourth-order valence-corrected chi connectivity index (χ4v) is 1.50. The Bertz CT molecular complexity index is 461. The third-order valence-corrected chi connectivity index (χ3v) is 2.45. The molecule has 0 heterocycles. The number of aliphatic carboxylic acids is 1. The van der Waals surface area contributed by atoms with Crippen molar-refractivity contribution < 1.29 is 24.2 Å². The molecule has 0 spiro atoms. The first-order valence-corrected chi connectivity index (χ1v) is 5.36. The van der Waals surface area contributed by atoms with Gasteiger partial charge in [-0.3, -0.25) is 4.79 Å². The zero-order valence-electron chi connectivity index (χ0n) is 9.81. The molecule has 0 bridgehead atoms. The fraction of sp³-hybridized carbons (Fsp3) is 0.333. The Morgan fingerprint density at radius 3 is 2.61 bits per heavy atom. The predicted octanol–water partition coefficient (Wildman–Crippen LogP) is 0.700. The Labute approximate surface area is 103 Å². The van der Waals surface area contributed by atoms with Crippen LogP contribution in [0.15, 0.2) is 18.2 Å². The van der Waals surface area contributed by atoms with E-state index in [0.29, 0.717) is 5.56 Å². The number of carboxylic acids is 1. The average molecular weight is 255 g/mol. The molecule has 0 aliphatic rings. The number of aliphatic hydroxyl groups is 1. The number of amides is 1. The number of carbonyl (C=O) groups is 2. The molecule has 0 radical (unpaired) electrons. The maximum absolute atomic E-state index is 12.9. The summed E-state index contributed by atoms with van der Waals surface area (Å²) in [5.74, 6) is -2.29. The summed E-state index contributed by atoms with van der Waals surface area (Å²) < 4.78 is 12.9. The summed E-state index contributed by atoms with van der Waals surface area (Å²) >= 11 is 0. The molecule has 1 aromatic rings. The fourth-order valence-electron chi connectivity index (χ4n) is 1.50. The van der Waals surface area contributed by atoms with Crippen LogP contribution < -0.4 is 5.32 Å². The van der Waals surface area contributed by atoms with Crippen molar-refractivity contribution in [2.45, 2.75) is 19.4 Å². The number of hydrogen-bond donors (Lipinski definition) is 3. The molecule has 1 rings (SSSR count). The van der Waals surface area contributed by atoms with Gasteiger partial charge in [0.2, 0.25) is 0 Å². The van der Waals surface area contributed by atoms with Gasteiger partial charge in [-0.05, 0) is 30.7 Å². The van der Waals surface area contributed by atoms with E-state index in [9.17, 15) is 14.0 Å². The number of aryl methyl sites for hydroxylation is 1. The van der Waals surface area contributed by atoms with E-state index < -0.39 is 23.7 Å². The standard InChI is InChI=1S/C12H14FNO4/c1-7-6-8(13)2-3-9(7)11(16)14-10(4-5-15)12(17)18/h2-3,6,10,15H,4-5H2,1H3,(H,14,16)(H,17,18)/t10-/m0/s1. The van der Waals surface area contributed by atoms with E-state index in [1.807, 2.05) is 0 Å². The van der Waals surface area contributed by atoms with E-state index in [0.717, 1.165) is 6.07 Å². The molecule has 18 heavy (non-hydrogen) atoms. The molecule has 1 amide bonds. The normalized spacial score (nSPS) is 11.9. The smallest absolute Gasteiger partial charge is 0.326 e. The van der Waals surface area contributed by atoms with Crippen LogP contribution in [-0.2, 0) is 4.79 Å². The lowest BCUT2D eigenvalue weighted by Gasteiger charge is -2.14. The highest BCUT2D eigenvalue weighted by molar-refractivity contribution is 5.97. The first-order valence-electron chi connectivity index (χ1n) is 5.36. The summed E-state index contributed by atoms with van der Waals surface area (Å²) in [7, 11) is 0. The lowest BCUT2D eigenvalue weighted by molar-refractivity contribution is -0.139. The highest BCUT2D eigenvalue weighted by Crippen LogP contribution is 2.10. The molecule has 1 atom stereocenters. The minimum absolute atomic E-state index is 0.0820. The number of carbonyl (C=O) groups excluding carboxylic acids is 1. The second kappa shape index (κ2) is 6.11.